The van der Waals surface area contributed by atoms with Crippen molar-refractivity contribution in [3.8, 4) is 0 Å². The summed E-state index contributed by atoms with van der Waals surface area (Å²) in [6.45, 7) is 2.98. The first-order valence-corrected chi connectivity index (χ1v) is 7.42. The van der Waals surface area contributed by atoms with Gasteiger partial charge in [0.2, 0.25) is 0 Å². The standard InChI is InChI=1S/C14H17N3O2S/c15-14(16-18)12-8-17(5-6-19-12)7-10-9-20-13-4-2-1-3-11(10)13/h1-4,9,12,18H,5-8H2,(H2,15,16). The Balaban J connectivity index is 1.74. The van der Waals surface area contributed by atoms with Crippen LogP contribution in [0, 0.1) is 0 Å². The number of thiophene rings is 1. The molecule has 1 atom stereocenters. The maximum Gasteiger partial charge on any atom is 0.169 e. The molecule has 1 aromatic carbocycles. The highest BCUT2D eigenvalue weighted by atomic mass is 32.1. The predicted octanol–water partition coefficient (Wildman–Crippen LogP) is 1.85. The molecule has 1 fully saturated rings. The third-order valence-electron chi connectivity index (χ3n) is 3.55. The first-order valence-electron chi connectivity index (χ1n) is 6.54. The van der Waals surface area contributed by atoms with Gasteiger partial charge in [0.25, 0.3) is 0 Å². The Bertz CT molecular complexity index is 626. The van der Waals surface area contributed by atoms with Crippen LogP contribution in [0.15, 0.2) is 34.8 Å². The van der Waals surface area contributed by atoms with Crippen molar-refractivity contribution in [2.45, 2.75) is 12.6 Å². The fourth-order valence-electron chi connectivity index (χ4n) is 2.49. The lowest BCUT2D eigenvalue weighted by atomic mass is 10.1. The molecule has 6 heteroatoms. The highest BCUT2D eigenvalue weighted by Gasteiger charge is 2.24. The third kappa shape index (κ3) is 2.63. The molecule has 1 saturated heterocycles. The molecule has 1 aliphatic heterocycles. The van der Waals surface area contributed by atoms with Crippen molar-refractivity contribution < 1.29 is 9.94 Å². The second kappa shape index (κ2) is 5.78. The molecule has 3 N–H and O–H groups in total. The van der Waals surface area contributed by atoms with E-state index in [9.17, 15) is 0 Å². The van der Waals surface area contributed by atoms with Crippen LogP contribution in [0.2, 0.25) is 0 Å². The molecule has 0 radical (unpaired) electrons. The van der Waals surface area contributed by atoms with E-state index in [-0.39, 0.29) is 11.9 Å². The molecule has 20 heavy (non-hydrogen) atoms. The smallest absolute Gasteiger partial charge is 0.169 e. The van der Waals surface area contributed by atoms with Gasteiger partial charge in [-0.1, -0.05) is 23.4 Å². The number of hydrogen-bond acceptors (Lipinski definition) is 5. The van der Waals surface area contributed by atoms with E-state index in [0.717, 1.165) is 13.1 Å². The lowest BCUT2D eigenvalue weighted by molar-refractivity contribution is 0.00160. The molecule has 5 nitrogen and oxygen atoms in total. The van der Waals surface area contributed by atoms with Gasteiger partial charge in [0.1, 0.15) is 6.10 Å². The molecule has 106 valence electrons. The Labute approximate surface area is 121 Å². The quantitative estimate of drug-likeness (QED) is 0.392. The van der Waals surface area contributed by atoms with Gasteiger partial charge < -0.3 is 15.7 Å². The van der Waals surface area contributed by atoms with E-state index in [1.807, 2.05) is 0 Å². The maximum atomic E-state index is 8.74. The largest absolute Gasteiger partial charge is 0.409 e. The number of hydrogen-bond donors (Lipinski definition) is 2. The fraction of sp³-hybridized carbons (Fsp3) is 0.357. The van der Waals surface area contributed by atoms with Gasteiger partial charge in [0.15, 0.2) is 5.84 Å². The molecule has 1 aromatic heterocycles. The number of fused-ring (bicyclic) bond motifs is 1. The van der Waals surface area contributed by atoms with E-state index >= 15 is 0 Å². The van der Waals surface area contributed by atoms with Crippen LogP contribution in [0.1, 0.15) is 5.56 Å². The number of nitrogens with two attached hydrogens (primary N) is 1. The van der Waals surface area contributed by atoms with Crippen LogP contribution in [-0.2, 0) is 11.3 Å². The number of benzene rings is 1. The van der Waals surface area contributed by atoms with E-state index < -0.39 is 0 Å². The van der Waals surface area contributed by atoms with Crippen LogP contribution >= 0.6 is 11.3 Å². The summed E-state index contributed by atoms with van der Waals surface area (Å²) in [7, 11) is 0. The van der Waals surface area contributed by atoms with Gasteiger partial charge in [0, 0.05) is 24.3 Å². The molecule has 0 amide bonds. The summed E-state index contributed by atoms with van der Waals surface area (Å²) in [5.74, 6) is 0.143. The lowest BCUT2D eigenvalue weighted by Gasteiger charge is -2.32. The second-order valence-electron chi connectivity index (χ2n) is 4.88. The van der Waals surface area contributed by atoms with Crippen molar-refractivity contribution >= 4 is 27.3 Å². The number of rotatable bonds is 3. The topological polar surface area (TPSA) is 71.1 Å². The zero-order valence-electron chi connectivity index (χ0n) is 11.0. The normalized spacial score (nSPS) is 21.4. The van der Waals surface area contributed by atoms with Crippen molar-refractivity contribution in [2.75, 3.05) is 19.7 Å². The zero-order valence-corrected chi connectivity index (χ0v) is 11.8. The molecule has 1 unspecified atom stereocenters. The minimum absolute atomic E-state index is 0.143. The molecule has 2 aromatic rings. The number of amidine groups is 1. The number of oxime groups is 1. The predicted molar refractivity (Wildman–Crippen MR) is 80.3 cm³/mol. The van der Waals surface area contributed by atoms with Crippen LogP contribution < -0.4 is 5.73 Å². The summed E-state index contributed by atoms with van der Waals surface area (Å²) in [6.07, 6.45) is -0.321. The first kappa shape index (κ1) is 13.4. The van der Waals surface area contributed by atoms with Crippen molar-refractivity contribution in [3.63, 3.8) is 0 Å². The number of morpholine rings is 1. The summed E-state index contributed by atoms with van der Waals surface area (Å²) in [6, 6.07) is 8.42. The summed E-state index contributed by atoms with van der Waals surface area (Å²) in [5.41, 5.74) is 6.95. The highest BCUT2D eigenvalue weighted by molar-refractivity contribution is 7.17. The number of ether oxygens (including phenoxy) is 1. The Morgan fingerprint density at radius 2 is 2.35 bits per heavy atom. The third-order valence-corrected chi connectivity index (χ3v) is 4.56. The van der Waals surface area contributed by atoms with E-state index in [4.69, 9.17) is 15.7 Å². The Hall–Kier alpha value is -1.63. The molecule has 0 spiro atoms. The number of nitrogens with zero attached hydrogens (tertiary/aromatic N) is 2. The lowest BCUT2D eigenvalue weighted by Crippen LogP contribution is -2.48. The van der Waals surface area contributed by atoms with Crippen LogP contribution in [0.25, 0.3) is 10.1 Å². The molecule has 0 bridgehead atoms. The van der Waals surface area contributed by atoms with Crippen LogP contribution in [0.5, 0.6) is 0 Å². The van der Waals surface area contributed by atoms with Crippen molar-refractivity contribution in [2.24, 2.45) is 10.9 Å². The van der Waals surface area contributed by atoms with E-state index in [1.165, 1.54) is 15.6 Å². The summed E-state index contributed by atoms with van der Waals surface area (Å²) < 4.78 is 6.82. The van der Waals surface area contributed by atoms with Crippen LogP contribution in [-0.4, -0.2) is 41.7 Å². The van der Waals surface area contributed by atoms with Gasteiger partial charge >= 0.3 is 0 Å². The summed E-state index contributed by atoms with van der Waals surface area (Å²) in [5, 5.41) is 15.3. The molecular weight excluding hydrogens is 274 g/mol. The average Bonchev–Trinajstić information content (AvgIpc) is 2.90. The van der Waals surface area contributed by atoms with Gasteiger partial charge in [-0.05, 0) is 22.4 Å². The fourth-order valence-corrected chi connectivity index (χ4v) is 3.44. The first-order chi connectivity index (χ1) is 9.78. The van der Waals surface area contributed by atoms with Gasteiger partial charge in [-0.25, -0.2) is 0 Å². The molecule has 2 heterocycles. The Kier molecular flexibility index (Phi) is 3.86. The monoisotopic (exact) mass is 291 g/mol. The minimum Gasteiger partial charge on any atom is -0.409 e. The molecular formula is C14H17N3O2S. The highest BCUT2D eigenvalue weighted by Crippen LogP contribution is 2.27. The second-order valence-corrected chi connectivity index (χ2v) is 5.79. The van der Waals surface area contributed by atoms with Crippen molar-refractivity contribution in [3.05, 3.63) is 35.2 Å². The molecule has 1 aliphatic rings. The summed E-state index contributed by atoms with van der Waals surface area (Å²) >= 11 is 1.77. The Morgan fingerprint density at radius 1 is 1.50 bits per heavy atom. The van der Waals surface area contributed by atoms with Gasteiger partial charge in [-0.3, -0.25) is 4.90 Å². The summed E-state index contributed by atoms with van der Waals surface area (Å²) in [4.78, 5) is 2.28. The van der Waals surface area contributed by atoms with Gasteiger partial charge in [0.05, 0.1) is 6.61 Å². The minimum atomic E-state index is -0.321. The molecule has 0 aliphatic carbocycles. The molecule has 3 rings (SSSR count). The van der Waals surface area contributed by atoms with Gasteiger partial charge in [-0.2, -0.15) is 0 Å². The average molecular weight is 291 g/mol. The van der Waals surface area contributed by atoms with Crippen LogP contribution in [0.3, 0.4) is 0 Å². The SMILES string of the molecule is NC(=NO)C1CN(Cc2csc3ccccc23)CCO1. The van der Waals surface area contributed by atoms with E-state index in [0.29, 0.717) is 13.2 Å². The van der Waals surface area contributed by atoms with Crippen molar-refractivity contribution in [1.82, 2.24) is 4.90 Å². The van der Waals surface area contributed by atoms with E-state index in [1.54, 1.807) is 11.3 Å². The van der Waals surface area contributed by atoms with E-state index in [2.05, 4.69) is 39.7 Å². The van der Waals surface area contributed by atoms with Crippen molar-refractivity contribution in [1.29, 1.82) is 0 Å². The zero-order chi connectivity index (χ0) is 13.9. The van der Waals surface area contributed by atoms with Gasteiger partial charge in [-0.15, -0.1) is 11.3 Å². The Morgan fingerprint density at radius 3 is 3.20 bits per heavy atom. The molecule has 0 saturated carbocycles. The maximum absolute atomic E-state index is 8.74. The van der Waals surface area contributed by atoms with Crippen LogP contribution in [0.4, 0.5) is 0 Å².